The normalized spacial score (nSPS) is 15.2. The number of pyridine rings is 1. The summed E-state index contributed by atoms with van der Waals surface area (Å²) in [5.74, 6) is 0. The van der Waals surface area contributed by atoms with Gasteiger partial charge in [0.15, 0.2) is 0 Å². The largest absolute Gasteiger partial charge is 0.260 e. The van der Waals surface area contributed by atoms with Crippen LogP contribution in [0, 0.1) is 0 Å². The van der Waals surface area contributed by atoms with E-state index in [-0.39, 0.29) is 21.8 Å². The molecule has 1 N–H and O–H groups in total. The second kappa shape index (κ2) is 7.12. The number of hydrogen-bond donors (Lipinski definition) is 1. The van der Waals surface area contributed by atoms with Gasteiger partial charge in [-0.05, 0) is 28.4 Å². The summed E-state index contributed by atoms with van der Waals surface area (Å²) in [4.78, 5) is 3.69. The standard InChI is InChI=1S/C10H14BrClN2O3S2/c1-7(18(2)15)3-4-14-19(16,17)9-5-8(11)6-13-10(9)12/h5-7,14H,3-4H2,1-2H3. The lowest BCUT2D eigenvalue weighted by Gasteiger charge is -2.10. The maximum Gasteiger partial charge on any atom is 0.243 e. The maximum absolute atomic E-state index is 12.0. The summed E-state index contributed by atoms with van der Waals surface area (Å²) >= 11 is 8.92. The van der Waals surface area contributed by atoms with Crippen LogP contribution in [0.5, 0.6) is 0 Å². The molecule has 19 heavy (non-hydrogen) atoms. The van der Waals surface area contributed by atoms with Crippen LogP contribution in [0.15, 0.2) is 21.6 Å². The van der Waals surface area contributed by atoms with Gasteiger partial charge >= 0.3 is 0 Å². The van der Waals surface area contributed by atoms with Crippen molar-refractivity contribution in [3.8, 4) is 0 Å². The molecule has 9 heteroatoms. The highest BCUT2D eigenvalue weighted by Crippen LogP contribution is 2.22. The van der Waals surface area contributed by atoms with E-state index in [9.17, 15) is 12.6 Å². The molecule has 0 aliphatic rings. The van der Waals surface area contributed by atoms with Crippen LogP contribution in [0.25, 0.3) is 0 Å². The van der Waals surface area contributed by atoms with Gasteiger partial charge in [-0.2, -0.15) is 0 Å². The van der Waals surface area contributed by atoms with Gasteiger partial charge in [-0.15, -0.1) is 0 Å². The van der Waals surface area contributed by atoms with Crippen molar-refractivity contribution in [1.82, 2.24) is 9.71 Å². The van der Waals surface area contributed by atoms with Crippen molar-refractivity contribution >= 4 is 48.4 Å². The third kappa shape index (κ3) is 5.11. The Balaban J connectivity index is 2.76. The number of aromatic nitrogens is 1. The van der Waals surface area contributed by atoms with E-state index in [1.807, 2.05) is 0 Å². The topological polar surface area (TPSA) is 76.1 Å². The highest BCUT2D eigenvalue weighted by Gasteiger charge is 2.19. The summed E-state index contributed by atoms with van der Waals surface area (Å²) in [5.41, 5.74) is 0. The summed E-state index contributed by atoms with van der Waals surface area (Å²) in [5, 5.41) is -0.151. The van der Waals surface area contributed by atoms with Gasteiger partial charge in [0.1, 0.15) is 10.0 Å². The van der Waals surface area contributed by atoms with Crippen LogP contribution in [-0.4, -0.2) is 35.7 Å². The molecule has 0 saturated carbocycles. The summed E-state index contributed by atoms with van der Waals surface area (Å²) < 4.78 is 38.2. The van der Waals surface area contributed by atoms with E-state index >= 15 is 0 Å². The molecule has 2 unspecified atom stereocenters. The third-order valence-corrected chi connectivity index (χ3v) is 6.16. The fraction of sp³-hybridized carbons (Fsp3) is 0.500. The molecule has 0 radical (unpaired) electrons. The van der Waals surface area contributed by atoms with Crippen LogP contribution in [0.4, 0.5) is 0 Å². The lowest BCUT2D eigenvalue weighted by molar-refractivity contribution is 0.577. The minimum atomic E-state index is -3.71. The molecule has 0 fully saturated rings. The van der Waals surface area contributed by atoms with E-state index in [1.54, 1.807) is 13.2 Å². The van der Waals surface area contributed by atoms with E-state index in [4.69, 9.17) is 11.6 Å². The van der Waals surface area contributed by atoms with Crippen molar-refractivity contribution in [2.45, 2.75) is 23.5 Å². The van der Waals surface area contributed by atoms with Crippen molar-refractivity contribution in [1.29, 1.82) is 0 Å². The molecule has 0 saturated heterocycles. The summed E-state index contributed by atoms with van der Waals surface area (Å²) in [6.07, 6.45) is 3.50. The van der Waals surface area contributed by atoms with Gasteiger partial charge in [-0.25, -0.2) is 18.1 Å². The molecule has 1 rings (SSSR count). The minimum Gasteiger partial charge on any atom is -0.260 e. The van der Waals surface area contributed by atoms with E-state index < -0.39 is 20.8 Å². The summed E-state index contributed by atoms with van der Waals surface area (Å²) in [7, 11) is -4.68. The summed E-state index contributed by atoms with van der Waals surface area (Å²) in [6.45, 7) is 2.00. The van der Waals surface area contributed by atoms with Gasteiger partial charge in [-0.1, -0.05) is 18.5 Å². The third-order valence-electron chi connectivity index (χ3n) is 2.47. The SMILES string of the molecule is CC(CCNS(=O)(=O)c1cc(Br)cnc1Cl)S(C)=O. The first-order chi connectivity index (χ1) is 8.74. The van der Waals surface area contributed by atoms with Crippen molar-refractivity contribution in [3.05, 3.63) is 21.9 Å². The monoisotopic (exact) mass is 388 g/mol. The molecule has 0 amide bonds. The van der Waals surface area contributed by atoms with Crippen LogP contribution in [0.2, 0.25) is 5.15 Å². The molecule has 1 aromatic rings. The van der Waals surface area contributed by atoms with Crippen molar-refractivity contribution < 1.29 is 12.6 Å². The predicted octanol–water partition coefficient (Wildman–Crippen LogP) is 1.93. The van der Waals surface area contributed by atoms with Gasteiger partial charge < -0.3 is 0 Å². The van der Waals surface area contributed by atoms with Crippen LogP contribution < -0.4 is 4.72 Å². The zero-order chi connectivity index (χ0) is 14.6. The zero-order valence-electron chi connectivity index (χ0n) is 10.4. The van der Waals surface area contributed by atoms with Gasteiger partial charge in [0.05, 0.1) is 0 Å². The van der Waals surface area contributed by atoms with E-state index in [1.165, 1.54) is 12.3 Å². The quantitative estimate of drug-likeness (QED) is 0.754. The molecule has 0 aliphatic heterocycles. The molecular weight excluding hydrogens is 376 g/mol. The Kier molecular flexibility index (Phi) is 6.38. The Bertz CT molecular complexity index is 580. The number of rotatable bonds is 6. The van der Waals surface area contributed by atoms with Crippen LogP contribution >= 0.6 is 27.5 Å². The minimum absolute atomic E-state index is 0.0705. The fourth-order valence-corrected chi connectivity index (χ4v) is 3.67. The summed E-state index contributed by atoms with van der Waals surface area (Å²) in [6, 6.07) is 1.39. The molecule has 0 spiro atoms. The predicted molar refractivity (Wildman–Crippen MR) is 80.3 cm³/mol. The van der Waals surface area contributed by atoms with Crippen molar-refractivity contribution in [3.63, 3.8) is 0 Å². The number of halogens is 2. The van der Waals surface area contributed by atoms with E-state index in [2.05, 4.69) is 25.6 Å². The maximum atomic E-state index is 12.0. The zero-order valence-corrected chi connectivity index (χ0v) is 14.4. The first kappa shape index (κ1) is 17.0. The smallest absolute Gasteiger partial charge is 0.243 e. The Labute approximate surface area is 128 Å². The van der Waals surface area contributed by atoms with Gasteiger partial charge in [0.2, 0.25) is 10.0 Å². The second-order valence-electron chi connectivity index (χ2n) is 3.94. The number of sulfonamides is 1. The number of nitrogens with zero attached hydrogens (tertiary/aromatic N) is 1. The lowest BCUT2D eigenvalue weighted by Crippen LogP contribution is -2.28. The van der Waals surface area contributed by atoms with Gasteiger partial charge in [0.25, 0.3) is 0 Å². The van der Waals surface area contributed by atoms with Crippen LogP contribution in [0.3, 0.4) is 0 Å². The van der Waals surface area contributed by atoms with E-state index in [0.29, 0.717) is 10.9 Å². The molecule has 108 valence electrons. The van der Waals surface area contributed by atoms with Crippen molar-refractivity contribution in [2.75, 3.05) is 12.8 Å². The molecule has 0 aliphatic carbocycles. The highest BCUT2D eigenvalue weighted by molar-refractivity contribution is 9.10. The molecule has 1 heterocycles. The Morgan fingerprint density at radius 3 is 2.79 bits per heavy atom. The van der Waals surface area contributed by atoms with Crippen LogP contribution in [-0.2, 0) is 20.8 Å². The number of hydrogen-bond acceptors (Lipinski definition) is 4. The van der Waals surface area contributed by atoms with E-state index in [0.717, 1.165) is 0 Å². The highest BCUT2D eigenvalue weighted by atomic mass is 79.9. The molecule has 1 aromatic heterocycles. The molecule has 0 aromatic carbocycles. The second-order valence-corrected chi connectivity index (χ2v) is 8.75. The van der Waals surface area contributed by atoms with Crippen molar-refractivity contribution in [2.24, 2.45) is 0 Å². The average Bonchev–Trinajstić information content (AvgIpc) is 2.31. The molecule has 0 bridgehead atoms. The first-order valence-corrected chi connectivity index (χ1v) is 9.64. The number of nitrogens with one attached hydrogen (secondary N) is 1. The van der Waals surface area contributed by atoms with Crippen LogP contribution in [0.1, 0.15) is 13.3 Å². The van der Waals surface area contributed by atoms with Gasteiger partial charge in [0, 0.05) is 39.5 Å². The molecular formula is C10H14BrClN2O3S2. The Morgan fingerprint density at radius 2 is 2.21 bits per heavy atom. The first-order valence-electron chi connectivity index (χ1n) is 5.37. The molecule has 2 atom stereocenters. The Morgan fingerprint density at radius 1 is 1.58 bits per heavy atom. The van der Waals surface area contributed by atoms with Gasteiger partial charge in [-0.3, -0.25) is 4.21 Å². The Hall–Kier alpha value is -0.0200. The fourth-order valence-electron chi connectivity index (χ4n) is 1.23. The lowest BCUT2D eigenvalue weighted by atomic mass is 10.3. The molecule has 5 nitrogen and oxygen atoms in total. The average molecular weight is 390 g/mol.